The van der Waals surface area contributed by atoms with Crippen LogP contribution in [0.5, 0.6) is 0 Å². The Morgan fingerprint density at radius 3 is 2.09 bits per heavy atom. The average Bonchev–Trinajstić information content (AvgIpc) is 2.88. The van der Waals surface area contributed by atoms with E-state index in [2.05, 4.69) is 37.3 Å². The van der Waals surface area contributed by atoms with Crippen molar-refractivity contribution in [3.63, 3.8) is 0 Å². The van der Waals surface area contributed by atoms with Gasteiger partial charge < -0.3 is 11.5 Å². The summed E-state index contributed by atoms with van der Waals surface area (Å²) in [5, 5.41) is 0. The molecule has 0 amide bonds. The van der Waals surface area contributed by atoms with E-state index in [0.717, 1.165) is 35.5 Å². The SMILES string of the molecule is CCCCCCCCC1CCC(C2CCC(c3cccc(Cc4cccc(N)c4)c3N)CC2)CC1. The van der Waals surface area contributed by atoms with Gasteiger partial charge in [0.2, 0.25) is 0 Å². The summed E-state index contributed by atoms with van der Waals surface area (Å²) in [6, 6.07) is 14.9. The first-order valence-corrected chi connectivity index (χ1v) is 14.9. The number of anilines is 2. The molecule has 2 saturated carbocycles. The average molecular weight is 475 g/mol. The molecule has 2 aromatic rings. The molecular weight excluding hydrogens is 424 g/mol. The van der Waals surface area contributed by atoms with E-state index in [0.29, 0.717) is 5.92 Å². The molecule has 35 heavy (non-hydrogen) atoms. The first kappa shape index (κ1) is 26.1. The zero-order chi connectivity index (χ0) is 24.5. The maximum absolute atomic E-state index is 6.74. The van der Waals surface area contributed by atoms with Crippen LogP contribution >= 0.6 is 0 Å². The van der Waals surface area contributed by atoms with Gasteiger partial charge >= 0.3 is 0 Å². The van der Waals surface area contributed by atoms with Crippen LogP contribution in [0.15, 0.2) is 42.5 Å². The van der Waals surface area contributed by atoms with E-state index in [9.17, 15) is 0 Å². The lowest BCUT2D eigenvalue weighted by Gasteiger charge is -2.38. The Bertz CT molecular complexity index is 888. The Kier molecular flexibility index (Phi) is 9.98. The molecule has 0 saturated heterocycles. The Hall–Kier alpha value is -1.96. The molecule has 2 aliphatic carbocycles. The topological polar surface area (TPSA) is 52.0 Å². The molecule has 2 fully saturated rings. The summed E-state index contributed by atoms with van der Waals surface area (Å²) >= 11 is 0. The van der Waals surface area contributed by atoms with Crippen LogP contribution in [0, 0.1) is 17.8 Å². The van der Waals surface area contributed by atoms with Gasteiger partial charge in [-0.2, -0.15) is 0 Å². The first-order chi connectivity index (χ1) is 17.1. The minimum absolute atomic E-state index is 0.635. The third-order valence-corrected chi connectivity index (χ3v) is 9.31. The molecule has 0 aliphatic heterocycles. The molecule has 2 heteroatoms. The first-order valence-electron chi connectivity index (χ1n) is 14.9. The molecule has 2 nitrogen and oxygen atoms in total. The standard InChI is InChI=1S/C33H50N2/c1-2-3-4-5-6-7-10-25-15-17-27(18-16-25)28-19-21-29(22-20-28)32-14-9-12-30(33(32)35)23-26-11-8-13-31(34)24-26/h8-9,11-14,24-25,27-29H,2-7,10,15-23,34-35H2,1H3. The van der Waals surface area contributed by atoms with Crippen LogP contribution in [0.3, 0.4) is 0 Å². The van der Waals surface area contributed by atoms with Crippen molar-refractivity contribution in [1.29, 1.82) is 0 Å². The highest BCUT2D eigenvalue weighted by Crippen LogP contribution is 2.45. The zero-order valence-electron chi connectivity index (χ0n) is 22.3. The third kappa shape index (κ3) is 7.51. The fraction of sp³-hybridized carbons (Fsp3) is 0.636. The molecular formula is C33H50N2. The Labute approximate surface area is 215 Å². The van der Waals surface area contributed by atoms with E-state index in [1.807, 2.05) is 12.1 Å². The van der Waals surface area contributed by atoms with Crippen LogP contribution < -0.4 is 11.5 Å². The van der Waals surface area contributed by atoms with Crippen molar-refractivity contribution in [3.8, 4) is 0 Å². The lowest BCUT2D eigenvalue weighted by Crippen LogP contribution is -2.25. The minimum atomic E-state index is 0.635. The van der Waals surface area contributed by atoms with Crippen molar-refractivity contribution in [1.82, 2.24) is 0 Å². The van der Waals surface area contributed by atoms with Crippen molar-refractivity contribution < 1.29 is 0 Å². The number of para-hydroxylation sites is 1. The van der Waals surface area contributed by atoms with Crippen LogP contribution in [0.1, 0.15) is 126 Å². The van der Waals surface area contributed by atoms with Gasteiger partial charge in [-0.1, -0.05) is 95.0 Å². The van der Waals surface area contributed by atoms with Crippen molar-refractivity contribution in [2.24, 2.45) is 17.8 Å². The Balaban J connectivity index is 1.22. The molecule has 0 aromatic heterocycles. The molecule has 4 rings (SSSR count). The van der Waals surface area contributed by atoms with Crippen LogP contribution in [0.4, 0.5) is 11.4 Å². The smallest absolute Gasteiger partial charge is 0.0385 e. The second-order valence-corrected chi connectivity index (χ2v) is 11.8. The van der Waals surface area contributed by atoms with Gasteiger partial charge in [-0.3, -0.25) is 0 Å². The normalized spacial score (nSPS) is 24.9. The zero-order valence-corrected chi connectivity index (χ0v) is 22.3. The number of nitrogen functional groups attached to an aromatic ring is 2. The summed E-state index contributed by atoms with van der Waals surface area (Å²) in [7, 11) is 0. The van der Waals surface area contributed by atoms with Gasteiger partial charge in [0.15, 0.2) is 0 Å². The van der Waals surface area contributed by atoms with Gasteiger partial charge in [0.05, 0.1) is 0 Å². The monoisotopic (exact) mass is 474 g/mol. The fourth-order valence-corrected chi connectivity index (χ4v) is 7.13. The summed E-state index contributed by atoms with van der Waals surface area (Å²) in [5.74, 6) is 3.61. The number of unbranched alkanes of at least 4 members (excludes halogenated alkanes) is 5. The van der Waals surface area contributed by atoms with E-state index >= 15 is 0 Å². The second kappa shape index (κ2) is 13.4. The van der Waals surface area contributed by atoms with Gasteiger partial charge in [-0.25, -0.2) is 0 Å². The molecule has 0 heterocycles. The van der Waals surface area contributed by atoms with E-state index in [-0.39, 0.29) is 0 Å². The summed E-state index contributed by atoms with van der Waals surface area (Å²) in [5.41, 5.74) is 18.5. The van der Waals surface area contributed by atoms with Crippen molar-refractivity contribution in [2.45, 2.75) is 116 Å². The summed E-state index contributed by atoms with van der Waals surface area (Å²) in [6.07, 6.45) is 22.4. The van der Waals surface area contributed by atoms with Gasteiger partial charge in [0, 0.05) is 11.4 Å². The predicted molar refractivity (Wildman–Crippen MR) is 153 cm³/mol. The fourth-order valence-electron chi connectivity index (χ4n) is 7.13. The lowest BCUT2D eigenvalue weighted by atomic mass is 9.67. The van der Waals surface area contributed by atoms with Crippen LogP contribution in [-0.2, 0) is 6.42 Å². The number of hydrogen-bond donors (Lipinski definition) is 2. The Morgan fingerprint density at radius 2 is 1.37 bits per heavy atom. The highest BCUT2D eigenvalue weighted by molar-refractivity contribution is 5.57. The third-order valence-electron chi connectivity index (χ3n) is 9.31. The predicted octanol–water partition coefficient (Wildman–Crippen LogP) is 9.27. The van der Waals surface area contributed by atoms with E-state index in [4.69, 9.17) is 11.5 Å². The molecule has 192 valence electrons. The maximum Gasteiger partial charge on any atom is 0.0385 e. The van der Waals surface area contributed by atoms with Crippen molar-refractivity contribution in [2.75, 3.05) is 11.5 Å². The van der Waals surface area contributed by atoms with Gasteiger partial charge in [-0.15, -0.1) is 0 Å². The summed E-state index contributed by atoms with van der Waals surface area (Å²) < 4.78 is 0. The van der Waals surface area contributed by atoms with Crippen LogP contribution in [-0.4, -0.2) is 0 Å². The number of nitrogens with two attached hydrogens (primary N) is 2. The van der Waals surface area contributed by atoms with Gasteiger partial charge in [0.1, 0.15) is 0 Å². The molecule has 0 spiro atoms. The van der Waals surface area contributed by atoms with E-state index in [1.165, 1.54) is 113 Å². The van der Waals surface area contributed by atoms with Crippen molar-refractivity contribution in [3.05, 3.63) is 59.2 Å². The quantitative estimate of drug-likeness (QED) is 0.252. The number of hydrogen-bond acceptors (Lipinski definition) is 2. The number of rotatable bonds is 11. The van der Waals surface area contributed by atoms with Crippen molar-refractivity contribution >= 4 is 11.4 Å². The van der Waals surface area contributed by atoms with Crippen LogP contribution in [0.25, 0.3) is 0 Å². The molecule has 4 N–H and O–H groups in total. The summed E-state index contributed by atoms with van der Waals surface area (Å²) in [4.78, 5) is 0. The highest BCUT2D eigenvalue weighted by atomic mass is 14.6. The highest BCUT2D eigenvalue weighted by Gasteiger charge is 2.31. The molecule has 0 radical (unpaired) electrons. The van der Waals surface area contributed by atoms with Gasteiger partial charge in [-0.05, 0) is 97.4 Å². The molecule has 2 aromatic carbocycles. The Morgan fingerprint density at radius 1 is 0.714 bits per heavy atom. The maximum atomic E-state index is 6.74. The second-order valence-electron chi connectivity index (χ2n) is 11.8. The summed E-state index contributed by atoms with van der Waals surface area (Å²) in [6.45, 7) is 2.31. The molecule has 2 aliphatic rings. The molecule has 0 unspecified atom stereocenters. The number of benzene rings is 2. The van der Waals surface area contributed by atoms with E-state index < -0.39 is 0 Å². The van der Waals surface area contributed by atoms with Crippen LogP contribution in [0.2, 0.25) is 0 Å². The minimum Gasteiger partial charge on any atom is -0.399 e. The largest absolute Gasteiger partial charge is 0.399 e. The molecule has 0 atom stereocenters. The molecule has 0 bridgehead atoms. The van der Waals surface area contributed by atoms with E-state index in [1.54, 1.807) is 0 Å². The van der Waals surface area contributed by atoms with Gasteiger partial charge in [0.25, 0.3) is 0 Å². The lowest BCUT2D eigenvalue weighted by molar-refractivity contribution is 0.155.